The normalized spacial score (nSPS) is 15.7. The molecule has 1 aliphatic heterocycles. The Bertz CT molecular complexity index is 1290. The number of halogens is 2. The molecule has 1 fully saturated rings. The lowest BCUT2D eigenvalue weighted by Gasteiger charge is -2.37. The summed E-state index contributed by atoms with van der Waals surface area (Å²) in [5, 5.41) is -0.276. The van der Waals surface area contributed by atoms with Crippen LogP contribution in [0, 0.1) is 5.82 Å². The highest BCUT2D eigenvalue weighted by atomic mass is 35.5. The summed E-state index contributed by atoms with van der Waals surface area (Å²) < 4.78 is 65.1. The summed E-state index contributed by atoms with van der Waals surface area (Å²) in [5.74, 6) is -0.534. The van der Waals surface area contributed by atoms with Gasteiger partial charge in [0.15, 0.2) is 9.84 Å². The molecular weight excluding hydrogens is 449 g/mol. The smallest absolute Gasteiger partial charge is 0.223 e. The van der Waals surface area contributed by atoms with Gasteiger partial charge in [0.1, 0.15) is 5.82 Å². The average Bonchev–Trinajstić information content (AvgIpc) is 2.67. The standard InChI is InChI=1S/C21H17ClFNO4S2/c22-17-3-1-2-16(12-17)15-4-8-20(9-5-15)30(27,28)24-13-21(14-24)29(25,26)19-10-6-18(23)7-11-19/h1-12,21H,13-14H2. The highest BCUT2D eigenvalue weighted by molar-refractivity contribution is 7.92. The quantitative estimate of drug-likeness (QED) is 0.534. The van der Waals surface area contributed by atoms with E-state index in [4.69, 9.17) is 11.6 Å². The van der Waals surface area contributed by atoms with Crippen LogP contribution in [0.1, 0.15) is 0 Å². The van der Waals surface area contributed by atoms with Gasteiger partial charge in [0.25, 0.3) is 0 Å². The van der Waals surface area contributed by atoms with Crippen LogP contribution in [0.25, 0.3) is 11.1 Å². The number of nitrogens with zero attached hydrogens (tertiary/aromatic N) is 1. The lowest BCUT2D eigenvalue weighted by Crippen LogP contribution is -2.56. The second-order valence-corrected chi connectivity index (χ2v) is 11.6. The van der Waals surface area contributed by atoms with E-state index >= 15 is 0 Å². The molecule has 0 unspecified atom stereocenters. The van der Waals surface area contributed by atoms with Crippen molar-refractivity contribution in [1.29, 1.82) is 0 Å². The Labute approximate surface area is 179 Å². The fraction of sp³-hybridized carbons (Fsp3) is 0.143. The number of benzene rings is 3. The Kier molecular flexibility index (Phi) is 5.44. The molecule has 3 aromatic carbocycles. The van der Waals surface area contributed by atoms with Gasteiger partial charge in [-0.15, -0.1) is 0 Å². The number of hydrogen-bond donors (Lipinski definition) is 0. The molecule has 9 heteroatoms. The number of rotatable bonds is 5. The van der Waals surface area contributed by atoms with Gasteiger partial charge in [-0.25, -0.2) is 21.2 Å². The Balaban J connectivity index is 1.49. The van der Waals surface area contributed by atoms with E-state index in [1.54, 1.807) is 24.3 Å². The van der Waals surface area contributed by atoms with Gasteiger partial charge in [-0.05, 0) is 59.7 Å². The van der Waals surface area contributed by atoms with Crippen molar-refractivity contribution in [2.75, 3.05) is 13.1 Å². The molecular formula is C21H17ClFNO4S2. The van der Waals surface area contributed by atoms with Gasteiger partial charge < -0.3 is 0 Å². The van der Waals surface area contributed by atoms with Gasteiger partial charge in [0, 0.05) is 18.1 Å². The van der Waals surface area contributed by atoms with E-state index in [0.29, 0.717) is 5.02 Å². The van der Waals surface area contributed by atoms with Gasteiger partial charge in [0.2, 0.25) is 10.0 Å². The molecule has 0 radical (unpaired) electrons. The minimum Gasteiger partial charge on any atom is -0.223 e. The molecule has 0 amide bonds. The van der Waals surface area contributed by atoms with Gasteiger partial charge in [-0.3, -0.25) is 0 Å². The second kappa shape index (κ2) is 7.77. The van der Waals surface area contributed by atoms with Crippen LogP contribution < -0.4 is 0 Å². The van der Waals surface area contributed by atoms with Crippen LogP contribution in [0.2, 0.25) is 5.02 Å². The first-order chi connectivity index (χ1) is 14.2. The molecule has 4 rings (SSSR count). The molecule has 5 nitrogen and oxygen atoms in total. The number of sulfone groups is 1. The zero-order valence-corrected chi connectivity index (χ0v) is 18.0. The lowest BCUT2D eigenvalue weighted by atomic mass is 10.1. The molecule has 0 bridgehead atoms. The van der Waals surface area contributed by atoms with Gasteiger partial charge >= 0.3 is 0 Å². The third-order valence-electron chi connectivity index (χ3n) is 5.05. The summed E-state index contributed by atoms with van der Waals surface area (Å²) in [6, 6.07) is 18.1. The van der Waals surface area contributed by atoms with E-state index in [1.807, 2.05) is 12.1 Å². The fourth-order valence-electron chi connectivity index (χ4n) is 3.25. The van der Waals surface area contributed by atoms with Gasteiger partial charge in [-0.1, -0.05) is 35.9 Å². The molecule has 1 heterocycles. The molecule has 0 N–H and O–H groups in total. The summed E-state index contributed by atoms with van der Waals surface area (Å²) in [6.45, 7) is -0.282. The molecule has 1 aliphatic rings. The molecule has 0 atom stereocenters. The summed E-state index contributed by atoms with van der Waals surface area (Å²) >= 11 is 6.00. The van der Waals surface area contributed by atoms with E-state index < -0.39 is 30.9 Å². The van der Waals surface area contributed by atoms with Crippen LogP contribution in [0.15, 0.2) is 82.6 Å². The maximum absolute atomic E-state index is 13.0. The first-order valence-electron chi connectivity index (χ1n) is 9.03. The SMILES string of the molecule is O=S(=O)(c1ccc(F)cc1)C1CN(S(=O)(=O)c2ccc(-c3cccc(Cl)c3)cc2)C1. The zero-order valence-electron chi connectivity index (χ0n) is 15.6. The van der Waals surface area contributed by atoms with Crippen molar-refractivity contribution < 1.29 is 21.2 Å². The number of sulfonamides is 1. The Morgan fingerprint density at radius 3 is 2.00 bits per heavy atom. The van der Waals surface area contributed by atoms with Crippen molar-refractivity contribution in [2.24, 2.45) is 0 Å². The Morgan fingerprint density at radius 1 is 0.800 bits per heavy atom. The van der Waals surface area contributed by atoms with E-state index in [0.717, 1.165) is 27.6 Å². The summed E-state index contributed by atoms with van der Waals surface area (Å²) in [7, 11) is -7.54. The van der Waals surface area contributed by atoms with Gasteiger partial charge in [0.05, 0.1) is 15.0 Å². The highest BCUT2D eigenvalue weighted by Crippen LogP contribution is 2.30. The lowest BCUT2D eigenvalue weighted by molar-refractivity contribution is 0.309. The first kappa shape index (κ1) is 21.0. The maximum Gasteiger partial charge on any atom is 0.243 e. The largest absolute Gasteiger partial charge is 0.243 e. The topological polar surface area (TPSA) is 71.5 Å². The van der Waals surface area contributed by atoms with Crippen LogP contribution in [0.4, 0.5) is 4.39 Å². The van der Waals surface area contributed by atoms with Crippen molar-refractivity contribution in [1.82, 2.24) is 4.31 Å². The van der Waals surface area contributed by atoms with E-state index in [1.165, 1.54) is 24.3 Å². The molecule has 0 saturated carbocycles. The molecule has 30 heavy (non-hydrogen) atoms. The van der Waals surface area contributed by atoms with Crippen LogP contribution in [-0.4, -0.2) is 39.5 Å². The van der Waals surface area contributed by atoms with E-state index in [2.05, 4.69) is 0 Å². The molecule has 0 spiro atoms. The predicted octanol–water partition coefficient (Wildman–Crippen LogP) is 3.99. The van der Waals surface area contributed by atoms with Crippen molar-refractivity contribution in [2.45, 2.75) is 15.0 Å². The third kappa shape index (κ3) is 3.88. The molecule has 3 aromatic rings. The third-order valence-corrected chi connectivity index (χ3v) is 9.23. The molecule has 156 valence electrons. The summed E-state index contributed by atoms with van der Waals surface area (Å²) in [5.41, 5.74) is 1.68. The zero-order chi connectivity index (χ0) is 21.5. The Morgan fingerprint density at radius 2 is 1.40 bits per heavy atom. The summed E-state index contributed by atoms with van der Waals surface area (Å²) in [4.78, 5) is 0.0720. The van der Waals surface area contributed by atoms with Crippen LogP contribution in [0.5, 0.6) is 0 Å². The fourth-order valence-corrected chi connectivity index (χ4v) is 6.81. The minimum atomic E-state index is -3.81. The molecule has 0 aromatic heterocycles. The molecule has 1 saturated heterocycles. The summed E-state index contributed by atoms with van der Waals surface area (Å²) in [6.07, 6.45) is 0. The minimum absolute atomic E-state index is 0.0168. The van der Waals surface area contributed by atoms with Crippen LogP contribution in [0.3, 0.4) is 0 Å². The van der Waals surface area contributed by atoms with E-state index in [9.17, 15) is 21.2 Å². The van der Waals surface area contributed by atoms with E-state index in [-0.39, 0.29) is 22.9 Å². The van der Waals surface area contributed by atoms with Crippen molar-refractivity contribution in [3.8, 4) is 11.1 Å². The second-order valence-electron chi connectivity index (χ2n) is 6.98. The van der Waals surface area contributed by atoms with Crippen LogP contribution >= 0.6 is 11.6 Å². The average molecular weight is 466 g/mol. The van der Waals surface area contributed by atoms with Crippen LogP contribution in [-0.2, 0) is 19.9 Å². The monoisotopic (exact) mass is 465 g/mol. The van der Waals surface area contributed by atoms with Crippen molar-refractivity contribution in [3.63, 3.8) is 0 Å². The van der Waals surface area contributed by atoms with Gasteiger partial charge in [-0.2, -0.15) is 4.31 Å². The predicted molar refractivity (Wildman–Crippen MR) is 113 cm³/mol. The number of hydrogen-bond acceptors (Lipinski definition) is 4. The van der Waals surface area contributed by atoms with Crippen molar-refractivity contribution in [3.05, 3.63) is 83.6 Å². The highest BCUT2D eigenvalue weighted by Gasteiger charge is 2.44. The molecule has 0 aliphatic carbocycles. The van der Waals surface area contributed by atoms with Crippen molar-refractivity contribution >= 4 is 31.5 Å². The maximum atomic E-state index is 13.0. The first-order valence-corrected chi connectivity index (χ1v) is 12.4. The Hall–Kier alpha value is -2.26.